The Morgan fingerprint density at radius 3 is 2.26 bits per heavy atom. The maximum Gasteiger partial charge on any atom is 0.313 e. The van der Waals surface area contributed by atoms with Crippen molar-refractivity contribution < 1.29 is 9.59 Å². The third-order valence-electron chi connectivity index (χ3n) is 3.84. The van der Waals surface area contributed by atoms with Crippen LogP contribution in [0.3, 0.4) is 0 Å². The van der Waals surface area contributed by atoms with E-state index in [4.69, 9.17) is 0 Å². The van der Waals surface area contributed by atoms with Gasteiger partial charge in [0, 0.05) is 5.69 Å². The second-order valence-corrected chi connectivity index (χ2v) is 5.56. The monoisotopic (exact) mass is 310 g/mol. The predicted molar refractivity (Wildman–Crippen MR) is 92.2 cm³/mol. The standard InChI is InChI=1S/C19H22N2O2/c1-4-15-9-11-16(12-10-15)14(3)20-18(22)19(23)21-17-8-6-5-7-13(17)2/h5-12,14H,4H2,1-3H3,(H,20,22)(H,21,23). The number of hydrogen-bond donors (Lipinski definition) is 2. The van der Waals surface area contributed by atoms with Gasteiger partial charge in [0.15, 0.2) is 0 Å². The topological polar surface area (TPSA) is 58.2 Å². The molecule has 0 saturated heterocycles. The second kappa shape index (κ2) is 7.58. The summed E-state index contributed by atoms with van der Waals surface area (Å²) in [6.07, 6.45) is 0.972. The molecule has 120 valence electrons. The molecule has 0 spiro atoms. The van der Waals surface area contributed by atoms with E-state index < -0.39 is 11.8 Å². The minimum atomic E-state index is -0.656. The quantitative estimate of drug-likeness (QED) is 0.851. The summed E-state index contributed by atoms with van der Waals surface area (Å²) in [4.78, 5) is 24.1. The van der Waals surface area contributed by atoms with E-state index in [0.29, 0.717) is 5.69 Å². The maximum absolute atomic E-state index is 12.0. The Hall–Kier alpha value is -2.62. The molecule has 2 N–H and O–H groups in total. The SMILES string of the molecule is CCc1ccc(C(C)NC(=O)C(=O)Nc2ccccc2C)cc1. The molecule has 0 bridgehead atoms. The van der Waals surface area contributed by atoms with Crippen LogP contribution in [-0.2, 0) is 16.0 Å². The Bertz CT molecular complexity index is 693. The van der Waals surface area contributed by atoms with Crippen LogP contribution < -0.4 is 10.6 Å². The first-order valence-corrected chi connectivity index (χ1v) is 7.77. The molecule has 1 unspecified atom stereocenters. The van der Waals surface area contributed by atoms with Crippen LogP contribution in [0, 0.1) is 6.92 Å². The van der Waals surface area contributed by atoms with Crippen molar-refractivity contribution in [1.82, 2.24) is 5.32 Å². The zero-order valence-electron chi connectivity index (χ0n) is 13.7. The molecule has 2 amide bonds. The summed E-state index contributed by atoms with van der Waals surface area (Å²) in [7, 11) is 0. The van der Waals surface area contributed by atoms with Crippen LogP contribution in [0.1, 0.15) is 36.6 Å². The Labute approximate surface area is 136 Å². The number of benzene rings is 2. The number of carbonyl (C=O) groups excluding carboxylic acids is 2. The molecule has 1 atom stereocenters. The normalized spacial score (nSPS) is 11.6. The maximum atomic E-state index is 12.0. The van der Waals surface area contributed by atoms with Crippen molar-refractivity contribution in [2.24, 2.45) is 0 Å². The lowest BCUT2D eigenvalue weighted by molar-refractivity contribution is -0.136. The van der Waals surface area contributed by atoms with Crippen LogP contribution in [-0.4, -0.2) is 11.8 Å². The summed E-state index contributed by atoms with van der Waals surface area (Å²) in [5, 5.41) is 5.36. The fraction of sp³-hybridized carbons (Fsp3) is 0.263. The molecule has 0 fully saturated rings. The number of aryl methyl sites for hydroxylation is 2. The summed E-state index contributed by atoms with van der Waals surface area (Å²) in [5.74, 6) is -1.29. The van der Waals surface area contributed by atoms with Gasteiger partial charge in [0.05, 0.1) is 6.04 Å². The zero-order chi connectivity index (χ0) is 16.8. The number of anilines is 1. The summed E-state index contributed by atoms with van der Waals surface area (Å²) in [6, 6.07) is 15.1. The van der Waals surface area contributed by atoms with Crippen molar-refractivity contribution in [3.8, 4) is 0 Å². The fourth-order valence-electron chi connectivity index (χ4n) is 2.28. The minimum Gasteiger partial charge on any atom is -0.341 e. The molecule has 0 saturated carbocycles. The molecule has 0 radical (unpaired) electrons. The van der Waals surface area contributed by atoms with E-state index in [-0.39, 0.29) is 6.04 Å². The molecular weight excluding hydrogens is 288 g/mol. The molecule has 4 nitrogen and oxygen atoms in total. The van der Waals surface area contributed by atoms with Crippen LogP contribution >= 0.6 is 0 Å². The molecule has 2 rings (SSSR count). The summed E-state index contributed by atoms with van der Waals surface area (Å²) >= 11 is 0. The molecule has 0 aliphatic heterocycles. The van der Waals surface area contributed by atoms with Gasteiger partial charge in [0.1, 0.15) is 0 Å². The van der Waals surface area contributed by atoms with E-state index in [2.05, 4.69) is 17.6 Å². The molecule has 2 aromatic carbocycles. The van der Waals surface area contributed by atoms with Crippen LogP contribution in [0.2, 0.25) is 0 Å². The van der Waals surface area contributed by atoms with Crippen LogP contribution in [0.5, 0.6) is 0 Å². The van der Waals surface area contributed by atoms with E-state index >= 15 is 0 Å². The van der Waals surface area contributed by atoms with Crippen LogP contribution in [0.15, 0.2) is 48.5 Å². The first-order valence-electron chi connectivity index (χ1n) is 7.77. The van der Waals surface area contributed by atoms with Crippen LogP contribution in [0.25, 0.3) is 0 Å². The van der Waals surface area contributed by atoms with Gasteiger partial charge < -0.3 is 10.6 Å². The lowest BCUT2D eigenvalue weighted by Crippen LogP contribution is -2.37. The number of amides is 2. The van der Waals surface area contributed by atoms with Crippen molar-refractivity contribution in [2.75, 3.05) is 5.32 Å². The van der Waals surface area contributed by atoms with Gasteiger partial charge in [0.2, 0.25) is 0 Å². The first-order chi connectivity index (χ1) is 11.0. The lowest BCUT2D eigenvalue weighted by Gasteiger charge is -2.15. The van der Waals surface area contributed by atoms with Gasteiger partial charge in [-0.3, -0.25) is 9.59 Å². The molecule has 0 heterocycles. The van der Waals surface area contributed by atoms with Gasteiger partial charge in [0.25, 0.3) is 0 Å². The highest BCUT2D eigenvalue weighted by Gasteiger charge is 2.17. The first kappa shape index (κ1) is 16.7. The van der Waals surface area contributed by atoms with Gasteiger partial charge in [-0.15, -0.1) is 0 Å². The van der Waals surface area contributed by atoms with Crippen molar-refractivity contribution in [1.29, 1.82) is 0 Å². The van der Waals surface area contributed by atoms with Gasteiger partial charge in [-0.25, -0.2) is 0 Å². The Kier molecular flexibility index (Phi) is 5.52. The van der Waals surface area contributed by atoms with E-state index in [9.17, 15) is 9.59 Å². The van der Waals surface area contributed by atoms with E-state index in [0.717, 1.165) is 17.5 Å². The second-order valence-electron chi connectivity index (χ2n) is 5.56. The van der Waals surface area contributed by atoms with E-state index in [1.165, 1.54) is 5.56 Å². The molecule has 0 aliphatic rings. The number of rotatable bonds is 4. The third-order valence-corrected chi connectivity index (χ3v) is 3.84. The van der Waals surface area contributed by atoms with Crippen molar-refractivity contribution >= 4 is 17.5 Å². The molecule has 0 aliphatic carbocycles. The Morgan fingerprint density at radius 1 is 1.00 bits per heavy atom. The Balaban J connectivity index is 1.97. The average Bonchev–Trinajstić information content (AvgIpc) is 2.56. The third kappa shape index (κ3) is 4.42. The van der Waals surface area contributed by atoms with E-state index in [1.54, 1.807) is 6.07 Å². The molecule has 0 aromatic heterocycles. The zero-order valence-corrected chi connectivity index (χ0v) is 13.7. The van der Waals surface area contributed by atoms with Crippen molar-refractivity contribution in [3.63, 3.8) is 0 Å². The average molecular weight is 310 g/mol. The van der Waals surface area contributed by atoms with Gasteiger partial charge in [-0.05, 0) is 43.0 Å². The van der Waals surface area contributed by atoms with E-state index in [1.807, 2.05) is 56.3 Å². The largest absolute Gasteiger partial charge is 0.341 e. The molecule has 4 heteroatoms. The number of nitrogens with one attached hydrogen (secondary N) is 2. The lowest BCUT2D eigenvalue weighted by atomic mass is 10.0. The van der Waals surface area contributed by atoms with Gasteiger partial charge >= 0.3 is 11.8 Å². The molecular formula is C19H22N2O2. The van der Waals surface area contributed by atoms with Crippen molar-refractivity contribution in [2.45, 2.75) is 33.2 Å². The van der Waals surface area contributed by atoms with Crippen molar-refractivity contribution in [3.05, 3.63) is 65.2 Å². The highest BCUT2D eigenvalue weighted by atomic mass is 16.2. The summed E-state index contributed by atoms with van der Waals surface area (Å²) in [5.41, 5.74) is 3.77. The Morgan fingerprint density at radius 2 is 1.65 bits per heavy atom. The van der Waals surface area contributed by atoms with Gasteiger partial charge in [-0.1, -0.05) is 49.4 Å². The highest BCUT2D eigenvalue weighted by molar-refractivity contribution is 6.39. The summed E-state index contributed by atoms with van der Waals surface area (Å²) in [6.45, 7) is 5.83. The predicted octanol–water partition coefficient (Wildman–Crippen LogP) is 3.37. The number of carbonyl (C=O) groups is 2. The molecule has 2 aromatic rings. The highest BCUT2D eigenvalue weighted by Crippen LogP contribution is 2.15. The number of para-hydroxylation sites is 1. The fourth-order valence-corrected chi connectivity index (χ4v) is 2.28. The smallest absolute Gasteiger partial charge is 0.313 e. The van der Waals surface area contributed by atoms with Crippen LogP contribution in [0.4, 0.5) is 5.69 Å². The number of hydrogen-bond acceptors (Lipinski definition) is 2. The summed E-state index contributed by atoms with van der Waals surface area (Å²) < 4.78 is 0. The molecule has 23 heavy (non-hydrogen) atoms. The minimum absolute atomic E-state index is 0.226. The van der Waals surface area contributed by atoms with Gasteiger partial charge in [-0.2, -0.15) is 0 Å².